The van der Waals surface area contributed by atoms with E-state index in [1.807, 2.05) is 53.4 Å². The van der Waals surface area contributed by atoms with E-state index in [4.69, 9.17) is 0 Å². The molecule has 0 aliphatic heterocycles. The van der Waals surface area contributed by atoms with E-state index in [0.29, 0.717) is 12.1 Å². The van der Waals surface area contributed by atoms with Crippen molar-refractivity contribution in [2.45, 2.75) is 19.5 Å². The molecule has 3 rings (SSSR count). The van der Waals surface area contributed by atoms with Crippen LogP contribution in [-0.2, 0) is 11.3 Å². The maximum absolute atomic E-state index is 13.0. The number of carbonyl (C=O) groups is 1. The quantitative estimate of drug-likeness (QED) is 0.332. The summed E-state index contributed by atoms with van der Waals surface area (Å²) in [6.45, 7) is 10.1. The number of hydrogen-bond donors (Lipinski definition) is 0. The van der Waals surface area contributed by atoms with Crippen molar-refractivity contribution >= 4 is 32.6 Å². The van der Waals surface area contributed by atoms with Gasteiger partial charge in [0.2, 0.25) is 5.91 Å². The van der Waals surface area contributed by atoms with Gasteiger partial charge >= 0.3 is 0 Å². The van der Waals surface area contributed by atoms with Crippen LogP contribution in [-0.4, -0.2) is 10.8 Å². The van der Waals surface area contributed by atoms with Crippen molar-refractivity contribution in [3.63, 3.8) is 0 Å². The number of amides is 1. The summed E-state index contributed by atoms with van der Waals surface area (Å²) >= 11 is 3.76. The van der Waals surface area contributed by atoms with Crippen molar-refractivity contribution < 1.29 is 4.79 Å². The average Bonchev–Trinajstić information content (AvgIpc) is 2.69. The van der Waals surface area contributed by atoms with Gasteiger partial charge in [0.25, 0.3) is 0 Å². The molecule has 0 spiro atoms. The first kappa shape index (κ1) is 19.1. The highest BCUT2D eigenvalue weighted by atomic mass is 79.9. The summed E-state index contributed by atoms with van der Waals surface area (Å²) in [5, 5.41) is 2.26. The summed E-state index contributed by atoms with van der Waals surface area (Å²) in [6, 6.07) is 22.0. The lowest BCUT2D eigenvalue weighted by Gasteiger charge is -2.31. The molecule has 0 aromatic heterocycles. The lowest BCUT2D eigenvalue weighted by molar-refractivity contribution is -0.129. The summed E-state index contributed by atoms with van der Waals surface area (Å²) in [6.07, 6.45) is 1.82. The number of halogens is 1. The van der Waals surface area contributed by atoms with Gasteiger partial charge in [0, 0.05) is 16.6 Å². The minimum atomic E-state index is -0.270. The zero-order valence-electron chi connectivity index (χ0n) is 15.4. The fraction of sp³-hybridized carbons (Fsp3) is 0.125. The largest absolute Gasteiger partial charge is 0.324 e. The Morgan fingerprint density at radius 2 is 1.74 bits per heavy atom. The van der Waals surface area contributed by atoms with Gasteiger partial charge in [0.05, 0.1) is 6.04 Å². The van der Waals surface area contributed by atoms with Gasteiger partial charge in [-0.2, -0.15) is 0 Å². The fourth-order valence-electron chi connectivity index (χ4n) is 3.22. The summed E-state index contributed by atoms with van der Waals surface area (Å²) in [5.74, 6) is -0.0798. The van der Waals surface area contributed by atoms with Crippen LogP contribution in [0.3, 0.4) is 0 Å². The Bertz CT molecular complexity index is 994. The lowest BCUT2D eigenvalue weighted by atomic mass is 9.99. The number of hydrogen-bond acceptors (Lipinski definition) is 1. The number of benzene rings is 3. The van der Waals surface area contributed by atoms with Crippen molar-refractivity contribution in [1.82, 2.24) is 4.90 Å². The monoisotopic (exact) mass is 419 g/mol. The Balaban J connectivity index is 2.08. The molecule has 27 heavy (non-hydrogen) atoms. The Morgan fingerprint density at radius 3 is 2.41 bits per heavy atom. The Kier molecular flexibility index (Phi) is 5.92. The van der Waals surface area contributed by atoms with Crippen molar-refractivity contribution in [1.29, 1.82) is 0 Å². The van der Waals surface area contributed by atoms with Gasteiger partial charge < -0.3 is 4.90 Å². The third-order valence-corrected chi connectivity index (χ3v) is 5.48. The van der Waals surface area contributed by atoms with E-state index in [1.165, 1.54) is 0 Å². The number of fused-ring (bicyclic) bond motifs is 1. The van der Waals surface area contributed by atoms with Crippen LogP contribution in [0.25, 0.3) is 10.8 Å². The van der Waals surface area contributed by atoms with E-state index in [1.54, 1.807) is 6.92 Å². The first-order valence-corrected chi connectivity index (χ1v) is 9.62. The molecule has 2 nitrogen and oxygen atoms in total. The van der Waals surface area contributed by atoms with Gasteiger partial charge in [-0.25, -0.2) is 0 Å². The molecule has 136 valence electrons. The van der Waals surface area contributed by atoms with Crippen LogP contribution in [0.1, 0.15) is 24.1 Å². The molecule has 0 aliphatic rings. The van der Waals surface area contributed by atoms with E-state index < -0.39 is 0 Å². The summed E-state index contributed by atoms with van der Waals surface area (Å²) in [4.78, 5) is 14.8. The third kappa shape index (κ3) is 4.04. The SMILES string of the molecule is C=CC(c1ccc2ccccc2c1Br)N(Cc1ccccc1)C(=O)C(=C)C. The lowest BCUT2D eigenvalue weighted by Crippen LogP contribution is -2.34. The molecule has 0 saturated carbocycles. The molecule has 0 radical (unpaired) electrons. The molecule has 3 aromatic rings. The molecule has 3 heteroatoms. The molecule has 1 amide bonds. The molecule has 0 saturated heterocycles. The predicted octanol–water partition coefficient (Wildman–Crippen LogP) is 6.43. The molecule has 0 aliphatic carbocycles. The van der Waals surface area contributed by atoms with Gasteiger partial charge in [-0.15, -0.1) is 6.58 Å². The Morgan fingerprint density at radius 1 is 1.07 bits per heavy atom. The molecule has 1 unspecified atom stereocenters. The van der Waals surface area contributed by atoms with Crippen LogP contribution in [0.4, 0.5) is 0 Å². The molecule has 0 heterocycles. The molecular weight excluding hydrogens is 398 g/mol. The topological polar surface area (TPSA) is 20.3 Å². The first-order chi connectivity index (χ1) is 13.0. The summed E-state index contributed by atoms with van der Waals surface area (Å²) in [5.41, 5.74) is 2.58. The molecule has 0 bridgehead atoms. The van der Waals surface area contributed by atoms with Gasteiger partial charge in [0.15, 0.2) is 0 Å². The average molecular weight is 420 g/mol. The van der Waals surface area contributed by atoms with Gasteiger partial charge in [-0.05, 0) is 44.8 Å². The van der Waals surface area contributed by atoms with E-state index in [2.05, 4.69) is 53.4 Å². The van der Waals surface area contributed by atoms with E-state index in [0.717, 1.165) is 26.4 Å². The van der Waals surface area contributed by atoms with Crippen molar-refractivity contribution in [2.24, 2.45) is 0 Å². The second-order valence-electron chi connectivity index (χ2n) is 6.57. The van der Waals surface area contributed by atoms with Crippen LogP contribution < -0.4 is 0 Å². The van der Waals surface area contributed by atoms with Gasteiger partial charge in [-0.1, -0.05) is 79.4 Å². The highest BCUT2D eigenvalue weighted by molar-refractivity contribution is 9.10. The number of nitrogens with zero attached hydrogens (tertiary/aromatic N) is 1. The van der Waals surface area contributed by atoms with Gasteiger partial charge in [-0.3, -0.25) is 4.79 Å². The maximum Gasteiger partial charge on any atom is 0.249 e. The van der Waals surface area contributed by atoms with Gasteiger partial charge in [0.1, 0.15) is 0 Å². The summed E-state index contributed by atoms with van der Waals surface area (Å²) in [7, 11) is 0. The minimum Gasteiger partial charge on any atom is -0.324 e. The van der Waals surface area contributed by atoms with Crippen LogP contribution in [0.2, 0.25) is 0 Å². The smallest absolute Gasteiger partial charge is 0.249 e. The second kappa shape index (κ2) is 8.36. The van der Waals surface area contributed by atoms with E-state index in [-0.39, 0.29) is 11.9 Å². The second-order valence-corrected chi connectivity index (χ2v) is 7.36. The zero-order valence-corrected chi connectivity index (χ0v) is 16.9. The normalized spacial score (nSPS) is 11.8. The Labute approximate surface area is 168 Å². The highest BCUT2D eigenvalue weighted by Gasteiger charge is 2.25. The van der Waals surface area contributed by atoms with Crippen LogP contribution in [0.5, 0.6) is 0 Å². The third-order valence-electron chi connectivity index (χ3n) is 4.59. The van der Waals surface area contributed by atoms with E-state index in [9.17, 15) is 4.79 Å². The molecule has 1 atom stereocenters. The number of carbonyl (C=O) groups excluding carboxylic acids is 1. The van der Waals surface area contributed by atoms with E-state index >= 15 is 0 Å². The highest BCUT2D eigenvalue weighted by Crippen LogP contribution is 2.35. The minimum absolute atomic E-state index is 0.0798. The van der Waals surface area contributed by atoms with Crippen LogP contribution in [0, 0.1) is 0 Å². The van der Waals surface area contributed by atoms with Crippen LogP contribution >= 0.6 is 15.9 Å². The zero-order chi connectivity index (χ0) is 19.4. The molecule has 0 N–H and O–H groups in total. The number of rotatable bonds is 6. The Hall–Kier alpha value is -2.65. The maximum atomic E-state index is 13.0. The van der Waals surface area contributed by atoms with Crippen molar-refractivity contribution in [2.75, 3.05) is 0 Å². The molecule has 3 aromatic carbocycles. The fourth-order valence-corrected chi connectivity index (χ4v) is 3.95. The first-order valence-electron chi connectivity index (χ1n) is 8.83. The van der Waals surface area contributed by atoms with Crippen molar-refractivity contribution in [3.05, 3.63) is 107 Å². The predicted molar refractivity (Wildman–Crippen MR) is 116 cm³/mol. The van der Waals surface area contributed by atoms with Crippen molar-refractivity contribution in [3.8, 4) is 0 Å². The summed E-state index contributed by atoms with van der Waals surface area (Å²) < 4.78 is 0.984. The molecular formula is C24H22BrNO. The molecule has 0 fully saturated rings. The van der Waals surface area contributed by atoms with Crippen LogP contribution in [0.15, 0.2) is 96.0 Å². The standard InChI is InChI=1S/C24H22BrNO/c1-4-22(21-15-14-19-12-8-9-13-20(19)23(21)25)26(24(27)17(2)3)16-18-10-6-5-7-11-18/h4-15,22H,1-2,16H2,3H3.